The van der Waals surface area contributed by atoms with Gasteiger partial charge < -0.3 is 33.3 Å². The van der Waals surface area contributed by atoms with Crippen LogP contribution < -0.4 is 5.11 Å². The van der Waals surface area contributed by atoms with Crippen LogP contribution in [0.25, 0.3) is 0 Å². The number of likely N-dealkylation sites (N-methyl/N-ethyl adjacent to an activating group) is 1. The zero-order chi connectivity index (χ0) is 56.2. The molecule has 0 heterocycles. The molecule has 0 aliphatic carbocycles. The fraction of sp³-hybridized carbons (Fsp3) is 0.779. The molecule has 9 nitrogen and oxygen atoms in total. The average Bonchev–Trinajstić information content (AvgIpc) is 3.40. The summed E-state index contributed by atoms with van der Waals surface area (Å²) in [6, 6.07) is 0. The number of nitrogens with zero attached hydrogens (tertiary/aromatic N) is 1. The van der Waals surface area contributed by atoms with Gasteiger partial charge in [0.1, 0.15) is 13.2 Å². The lowest BCUT2D eigenvalue weighted by Crippen LogP contribution is -2.44. The van der Waals surface area contributed by atoms with Gasteiger partial charge in [-0.1, -0.05) is 260 Å². The molecule has 0 aromatic rings. The average molecular weight is 1080 g/mol. The van der Waals surface area contributed by atoms with Crippen LogP contribution in [0, 0.1) is 0 Å². The number of carbonyl (C=O) groups is 3. The van der Waals surface area contributed by atoms with Crippen molar-refractivity contribution in [3.05, 3.63) is 72.9 Å². The minimum absolute atomic E-state index is 0.143. The van der Waals surface area contributed by atoms with E-state index in [0.29, 0.717) is 17.4 Å². The van der Waals surface area contributed by atoms with Gasteiger partial charge in [0.25, 0.3) is 0 Å². The van der Waals surface area contributed by atoms with Crippen molar-refractivity contribution in [3.8, 4) is 0 Å². The summed E-state index contributed by atoms with van der Waals surface area (Å²) < 4.78 is 22.7. The Balaban J connectivity index is 4.09. The number of carboxylic acid groups (broad SMARTS) is 1. The number of quaternary nitrogens is 1. The van der Waals surface area contributed by atoms with Gasteiger partial charge in [-0.2, -0.15) is 0 Å². The highest BCUT2D eigenvalue weighted by Crippen LogP contribution is 2.17. The predicted molar refractivity (Wildman–Crippen MR) is 325 cm³/mol. The molecule has 9 heteroatoms. The van der Waals surface area contributed by atoms with Crippen LogP contribution in [-0.2, 0) is 33.3 Å². The van der Waals surface area contributed by atoms with Gasteiger partial charge in [0.05, 0.1) is 40.3 Å². The molecule has 77 heavy (non-hydrogen) atoms. The van der Waals surface area contributed by atoms with Gasteiger partial charge in [-0.3, -0.25) is 9.59 Å². The lowest BCUT2D eigenvalue weighted by molar-refractivity contribution is -0.870. The van der Waals surface area contributed by atoms with Gasteiger partial charge >= 0.3 is 11.9 Å². The third-order valence-electron chi connectivity index (χ3n) is 13.9. The first-order valence-corrected chi connectivity index (χ1v) is 32.1. The molecule has 0 saturated heterocycles. The summed E-state index contributed by atoms with van der Waals surface area (Å²) in [6.07, 6.45) is 74.0. The molecule has 446 valence electrons. The number of ether oxygens (including phenoxy) is 4. The van der Waals surface area contributed by atoms with Crippen LogP contribution in [-0.4, -0.2) is 82.3 Å². The van der Waals surface area contributed by atoms with E-state index >= 15 is 0 Å². The summed E-state index contributed by atoms with van der Waals surface area (Å²) >= 11 is 0. The predicted octanol–water partition coefficient (Wildman–Crippen LogP) is 18.0. The van der Waals surface area contributed by atoms with Crippen molar-refractivity contribution in [3.63, 3.8) is 0 Å². The zero-order valence-corrected chi connectivity index (χ0v) is 50.8. The Labute approximate surface area is 475 Å². The number of hydrogen-bond donors (Lipinski definition) is 0. The first-order valence-electron chi connectivity index (χ1n) is 32.1. The van der Waals surface area contributed by atoms with E-state index in [1.54, 1.807) is 0 Å². The van der Waals surface area contributed by atoms with E-state index in [-0.39, 0.29) is 38.6 Å². The number of unbranched alkanes of at least 4 members (excludes halogenated alkanes) is 32. The van der Waals surface area contributed by atoms with E-state index in [2.05, 4.69) is 86.8 Å². The minimum atomic E-state index is -1.63. The van der Waals surface area contributed by atoms with Crippen molar-refractivity contribution >= 4 is 17.9 Å². The summed E-state index contributed by atoms with van der Waals surface area (Å²) in [6.45, 7) is 4.63. The largest absolute Gasteiger partial charge is 0.545 e. The van der Waals surface area contributed by atoms with Crippen LogP contribution in [0.3, 0.4) is 0 Å². The lowest BCUT2D eigenvalue weighted by atomic mass is 10.0. The summed E-state index contributed by atoms with van der Waals surface area (Å²) in [5.74, 6) is -2.29. The van der Waals surface area contributed by atoms with Crippen molar-refractivity contribution in [1.29, 1.82) is 0 Å². The lowest BCUT2D eigenvalue weighted by Gasteiger charge is -2.26. The van der Waals surface area contributed by atoms with Gasteiger partial charge in [0, 0.05) is 12.8 Å². The second-order valence-corrected chi connectivity index (χ2v) is 22.7. The number of rotatable bonds is 59. The van der Waals surface area contributed by atoms with Crippen molar-refractivity contribution in [1.82, 2.24) is 0 Å². The zero-order valence-electron chi connectivity index (χ0n) is 50.8. The molecule has 0 N–H and O–H groups in total. The number of allylic oxidation sites excluding steroid dienone is 12. The van der Waals surface area contributed by atoms with Crippen LogP contribution in [0.1, 0.15) is 284 Å². The third kappa shape index (κ3) is 60.2. The van der Waals surface area contributed by atoms with Crippen LogP contribution >= 0.6 is 0 Å². The smallest absolute Gasteiger partial charge is 0.306 e. The molecule has 0 saturated carbocycles. The molecule has 0 bridgehead atoms. The maximum atomic E-state index is 12.9. The highest BCUT2D eigenvalue weighted by atomic mass is 16.7. The molecule has 0 radical (unpaired) electrons. The first kappa shape index (κ1) is 73.7. The second kappa shape index (κ2) is 58.9. The SMILES string of the molecule is CC/C=C\C/C=C\C/C=C\C/C=C\CCCCCCCCC(=O)OC(COC(=O)CCCCCCCCCCCCCCCCCCCCCCC/C=C\C/C=C\CCCCCCC)COC(OCC[N+](C)(C)C)C(=O)[O-]. The third-order valence-corrected chi connectivity index (χ3v) is 13.9. The minimum Gasteiger partial charge on any atom is -0.545 e. The number of hydrogen-bond acceptors (Lipinski definition) is 8. The molecule has 0 aromatic carbocycles. The van der Waals surface area contributed by atoms with E-state index in [9.17, 15) is 19.5 Å². The molecule has 2 atom stereocenters. The fourth-order valence-corrected chi connectivity index (χ4v) is 9.03. The Morgan fingerprint density at radius 3 is 1.10 bits per heavy atom. The van der Waals surface area contributed by atoms with Crippen LogP contribution in [0.4, 0.5) is 0 Å². The van der Waals surface area contributed by atoms with Crippen LogP contribution in [0.15, 0.2) is 72.9 Å². The van der Waals surface area contributed by atoms with Crippen molar-refractivity contribution in [2.24, 2.45) is 0 Å². The molecule has 0 aromatic heterocycles. The Morgan fingerprint density at radius 1 is 0.403 bits per heavy atom. The quantitative estimate of drug-likeness (QED) is 0.0195. The van der Waals surface area contributed by atoms with Gasteiger partial charge in [0.15, 0.2) is 12.4 Å². The van der Waals surface area contributed by atoms with Gasteiger partial charge in [-0.15, -0.1) is 0 Å². The maximum absolute atomic E-state index is 12.9. The summed E-state index contributed by atoms with van der Waals surface area (Å²) in [7, 11) is 5.92. The maximum Gasteiger partial charge on any atom is 0.306 e. The molecule has 0 rings (SSSR count). The number of carboxylic acids is 1. The molecular weight excluding hydrogens is 959 g/mol. The molecule has 0 amide bonds. The van der Waals surface area contributed by atoms with E-state index in [1.165, 1.54) is 161 Å². The highest BCUT2D eigenvalue weighted by Gasteiger charge is 2.22. The monoisotopic (exact) mass is 1080 g/mol. The van der Waals surface area contributed by atoms with E-state index in [0.717, 1.165) is 89.9 Å². The van der Waals surface area contributed by atoms with Crippen LogP contribution in [0.2, 0.25) is 0 Å². The molecule has 0 aliphatic rings. The van der Waals surface area contributed by atoms with E-state index < -0.39 is 24.3 Å². The topological polar surface area (TPSA) is 111 Å². The highest BCUT2D eigenvalue weighted by molar-refractivity contribution is 5.70. The molecule has 2 unspecified atom stereocenters. The van der Waals surface area contributed by atoms with Crippen molar-refractivity contribution in [2.45, 2.75) is 296 Å². The Kier molecular flexibility index (Phi) is 56.4. The number of aliphatic carboxylic acids is 1. The van der Waals surface area contributed by atoms with Gasteiger partial charge in [-0.25, -0.2) is 0 Å². The molecule has 0 aliphatic heterocycles. The summed E-state index contributed by atoms with van der Waals surface area (Å²) in [4.78, 5) is 37.4. The summed E-state index contributed by atoms with van der Waals surface area (Å²) in [5.41, 5.74) is 0. The summed E-state index contributed by atoms with van der Waals surface area (Å²) in [5, 5.41) is 11.8. The molecule has 0 spiro atoms. The van der Waals surface area contributed by atoms with Crippen molar-refractivity contribution < 1.29 is 42.9 Å². The van der Waals surface area contributed by atoms with Crippen molar-refractivity contribution in [2.75, 3.05) is 47.5 Å². The standard InChI is InChI=1S/C68H121NO8/c1-6-8-10-12-14-16-18-20-22-24-26-27-28-29-30-31-32-33-34-35-36-37-38-39-41-42-44-46-48-50-52-54-56-58-65(70)75-62-64(63-76-68(67(72)73)74-61-60-69(3,4)5)77-66(71)59-57-55-53-51-49-47-45-43-40-25-23-21-19-17-15-13-11-9-7-2/h9,11,15,17-18,20-21,23-24,26,40,43,64,68H,6-8,10,12-14,16,19,22,25,27-39,41-42,44-63H2,1-5H3/b11-9-,17-15-,20-18-,23-21-,26-24-,43-40-. The van der Waals surface area contributed by atoms with Gasteiger partial charge in [0.2, 0.25) is 0 Å². The number of carbonyl (C=O) groups excluding carboxylic acids is 3. The Hall–Kier alpha value is -3.27. The van der Waals surface area contributed by atoms with E-state index in [4.69, 9.17) is 18.9 Å². The van der Waals surface area contributed by atoms with Gasteiger partial charge in [-0.05, 0) is 83.5 Å². The first-order chi connectivity index (χ1) is 37.6. The normalized spacial score (nSPS) is 13.2. The second-order valence-electron chi connectivity index (χ2n) is 22.7. The number of esters is 2. The fourth-order valence-electron chi connectivity index (χ4n) is 9.03. The Bertz CT molecular complexity index is 1490. The van der Waals surface area contributed by atoms with E-state index in [1.807, 2.05) is 21.1 Å². The Morgan fingerprint density at radius 2 is 0.740 bits per heavy atom. The molecule has 0 fully saturated rings. The molecular formula is C68H121NO8. The van der Waals surface area contributed by atoms with Crippen LogP contribution in [0.5, 0.6) is 0 Å².